The number of pyridine rings is 1. The van der Waals surface area contributed by atoms with Gasteiger partial charge in [0.1, 0.15) is 5.01 Å². The summed E-state index contributed by atoms with van der Waals surface area (Å²) in [6.45, 7) is 2.03. The number of nitrogens with zero attached hydrogens (tertiary/aromatic N) is 2. The standard InChI is InChI=1S/C11H11ClN2OS/c1-2-10-9(6-15)14-11(16-10)7-3-8(12)5-13-4-7/h3-5,15H,2,6H2,1H3. The molecule has 1 N–H and O–H groups in total. The van der Waals surface area contributed by atoms with Crippen LogP contribution in [0.25, 0.3) is 10.6 Å². The molecule has 5 heteroatoms. The van der Waals surface area contributed by atoms with Crippen LogP contribution >= 0.6 is 22.9 Å². The fraction of sp³-hybridized carbons (Fsp3) is 0.273. The van der Waals surface area contributed by atoms with E-state index in [-0.39, 0.29) is 6.61 Å². The summed E-state index contributed by atoms with van der Waals surface area (Å²) in [5.41, 5.74) is 1.65. The first kappa shape index (κ1) is 11.5. The summed E-state index contributed by atoms with van der Waals surface area (Å²) in [6, 6.07) is 1.83. The van der Waals surface area contributed by atoms with Gasteiger partial charge in [-0.25, -0.2) is 4.98 Å². The van der Waals surface area contributed by atoms with Crippen LogP contribution in [0.15, 0.2) is 18.5 Å². The second-order valence-electron chi connectivity index (χ2n) is 3.29. The van der Waals surface area contributed by atoms with Crippen molar-refractivity contribution in [2.24, 2.45) is 0 Å². The summed E-state index contributed by atoms with van der Waals surface area (Å²) in [4.78, 5) is 9.51. The minimum absolute atomic E-state index is 0.0202. The lowest BCUT2D eigenvalue weighted by atomic mass is 10.3. The van der Waals surface area contributed by atoms with E-state index >= 15 is 0 Å². The van der Waals surface area contributed by atoms with Crippen molar-refractivity contribution in [1.29, 1.82) is 0 Å². The van der Waals surface area contributed by atoms with E-state index in [0.717, 1.165) is 27.6 Å². The zero-order valence-corrected chi connectivity index (χ0v) is 10.3. The summed E-state index contributed by atoms with van der Waals surface area (Å²) >= 11 is 7.45. The molecule has 2 aromatic heterocycles. The van der Waals surface area contributed by atoms with Crippen LogP contribution in [0.4, 0.5) is 0 Å². The highest BCUT2D eigenvalue weighted by molar-refractivity contribution is 7.15. The van der Waals surface area contributed by atoms with Crippen molar-refractivity contribution in [1.82, 2.24) is 9.97 Å². The van der Waals surface area contributed by atoms with Crippen molar-refractivity contribution in [2.75, 3.05) is 0 Å². The predicted molar refractivity (Wildman–Crippen MR) is 65.7 cm³/mol. The smallest absolute Gasteiger partial charge is 0.125 e. The first-order valence-electron chi connectivity index (χ1n) is 4.95. The molecule has 0 saturated carbocycles. The van der Waals surface area contributed by atoms with Gasteiger partial charge in [0, 0.05) is 22.8 Å². The van der Waals surface area contributed by atoms with E-state index in [1.807, 2.05) is 13.0 Å². The minimum atomic E-state index is -0.0202. The van der Waals surface area contributed by atoms with Crippen LogP contribution in [0, 0.1) is 0 Å². The average molecular weight is 255 g/mol. The van der Waals surface area contributed by atoms with Crippen LogP contribution in [-0.4, -0.2) is 15.1 Å². The number of hydrogen-bond acceptors (Lipinski definition) is 4. The van der Waals surface area contributed by atoms with Gasteiger partial charge in [-0.05, 0) is 12.5 Å². The average Bonchev–Trinajstić information content (AvgIpc) is 2.72. The molecule has 0 radical (unpaired) electrons. The maximum atomic E-state index is 9.17. The summed E-state index contributed by atoms with van der Waals surface area (Å²) in [6.07, 6.45) is 4.19. The highest BCUT2D eigenvalue weighted by Gasteiger charge is 2.10. The summed E-state index contributed by atoms with van der Waals surface area (Å²) < 4.78 is 0. The molecule has 3 nitrogen and oxygen atoms in total. The summed E-state index contributed by atoms with van der Waals surface area (Å²) in [5, 5.41) is 10.6. The van der Waals surface area contributed by atoms with E-state index in [1.165, 1.54) is 0 Å². The number of hydrogen-bond donors (Lipinski definition) is 1. The molecule has 0 aliphatic carbocycles. The van der Waals surface area contributed by atoms with Crippen molar-refractivity contribution in [2.45, 2.75) is 20.0 Å². The fourth-order valence-electron chi connectivity index (χ4n) is 1.44. The monoisotopic (exact) mass is 254 g/mol. The Labute approximate surface area is 103 Å². The van der Waals surface area contributed by atoms with Gasteiger partial charge in [-0.2, -0.15) is 0 Å². The Balaban J connectivity index is 2.44. The van der Waals surface area contributed by atoms with Crippen molar-refractivity contribution in [3.63, 3.8) is 0 Å². The molecule has 0 aliphatic rings. The summed E-state index contributed by atoms with van der Waals surface area (Å²) in [7, 11) is 0. The molecule has 0 spiro atoms. The highest BCUT2D eigenvalue weighted by Crippen LogP contribution is 2.29. The van der Waals surface area contributed by atoms with E-state index in [1.54, 1.807) is 23.7 Å². The van der Waals surface area contributed by atoms with E-state index in [2.05, 4.69) is 9.97 Å². The van der Waals surface area contributed by atoms with Gasteiger partial charge < -0.3 is 5.11 Å². The lowest BCUT2D eigenvalue weighted by Gasteiger charge is -1.95. The number of halogens is 1. The van der Waals surface area contributed by atoms with E-state index in [4.69, 9.17) is 16.7 Å². The van der Waals surface area contributed by atoms with Crippen molar-refractivity contribution < 1.29 is 5.11 Å². The van der Waals surface area contributed by atoms with Gasteiger partial charge in [0.25, 0.3) is 0 Å². The SMILES string of the molecule is CCc1sc(-c2cncc(Cl)c2)nc1CO. The normalized spacial score (nSPS) is 10.7. The number of aliphatic hydroxyl groups is 1. The highest BCUT2D eigenvalue weighted by atomic mass is 35.5. The largest absolute Gasteiger partial charge is 0.390 e. The topological polar surface area (TPSA) is 46.0 Å². The van der Waals surface area contributed by atoms with Gasteiger partial charge in [0.05, 0.1) is 17.3 Å². The molecule has 2 rings (SSSR count). The maximum Gasteiger partial charge on any atom is 0.125 e. The van der Waals surface area contributed by atoms with Gasteiger partial charge >= 0.3 is 0 Å². The van der Waals surface area contributed by atoms with Crippen molar-refractivity contribution in [3.05, 3.63) is 34.1 Å². The van der Waals surface area contributed by atoms with Crippen molar-refractivity contribution >= 4 is 22.9 Å². The third kappa shape index (κ3) is 2.24. The first-order chi connectivity index (χ1) is 7.74. The zero-order chi connectivity index (χ0) is 11.5. The van der Waals surface area contributed by atoms with Gasteiger partial charge in [-0.1, -0.05) is 18.5 Å². The Morgan fingerprint density at radius 2 is 2.25 bits per heavy atom. The Morgan fingerprint density at radius 3 is 2.81 bits per heavy atom. The molecule has 2 aromatic rings. The van der Waals surface area contributed by atoms with Crippen LogP contribution in [0.1, 0.15) is 17.5 Å². The molecule has 16 heavy (non-hydrogen) atoms. The Kier molecular flexibility index (Phi) is 3.53. The Hall–Kier alpha value is -0.970. The minimum Gasteiger partial charge on any atom is -0.390 e. The van der Waals surface area contributed by atoms with E-state index in [9.17, 15) is 0 Å². The molecule has 0 unspecified atom stereocenters. The summed E-state index contributed by atoms with van der Waals surface area (Å²) in [5.74, 6) is 0. The van der Waals surface area contributed by atoms with Crippen LogP contribution in [-0.2, 0) is 13.0 Å². The molecular weight excluding hydrogens is 244 g/mol. The number of aromatic nitrogens is 2. The molecule has 0 saturated heterocycles. The molecule has 0 atom stereocenters. The van der Waals surface area contributed by atoms with Gasteiger partial charge in [-0.15, -0.1) is 11.3 Å². The van der Waals surface area contributed by atoms with Crippen molar-refractivity contribution in [3.8, 4) is 10.6 Å². The second-order valence-corrected chi connectivity index (χ2v) is 4.81. The molecule has 84 valence electrons. The predicted octanol–water partition coefficient (Wildman–Crippen LogP) is 2.91. The van der Waals surface area contributed by atoms with Crippen LogP contribution < -0.4 is 0 Å². The molecular formula is C11H11ClN2OS. The number of rotatable bonds is 3. The molecule has 0 amide bonds. The molecule has 0 aliphatic heterocycles. The molecule has 0 bridgehead atoms. The third-order valence-corrected chi connectivity index (χ3v) is 3.70. The van der Waals surface area contributed by atoms with E-state index < -0.39 is 0 Å². The van der Waals surface area contributed by atoms with Crippen LogP contribution in [0.5, 0.6) is 0 Å². The fourth-order valence-corrected chi connectivity index (χ4v) is 2.60. The number of aliphatic hydroxyl groups excluding tert-OH is 1. The molecule has 0 aromatic carbocycles. The Morgan fingerprint density at radius 1 is 1.44 bits per heavy atom. The number of aryl methyl sites for hydroxylation is 1. The quantitative estimate of drug-likeness (QED) is 0.916. The second kappa shape index (κ2) is 4.91. The van der Waals surface area contributed by atoms with Gasteiger partial charge in [0.2, 0.25) is 0 Å². The van der Waals surface area contributed by atoms with Crippen LogP contribution in [0.3, 0.4) is 0 Å². The Bertz CT molecular complexity index is 477. The first-order valence-corrected chi connectivity index (χ1v) is 6.14. The zero-order valence-electron chi connectivity index (χ0n) is 8.77. The van der Waals surface area contributed by atoms with Gasteiger partial charge in [-0.3, -0.25) is 4.98 Å². The van der Waals surface area contributed by atoms with Gasteiger partial charge in [0.15, 0.2) is 0 Å². The molecule has 2 heterocycles. The van der Waals surface area contributed by atoms with E-state index in [0.29, 0.717) is 5.02 Å². The number of thiazole rings is 1. The lowest BCUT2D eigenvalue weighted by molar-refractivity contribution is 0.276. The third-order valence-electron chi connectivity index (χ3n) is 2.20. The molecule has 0 fully saturated rings. The van der Waals surface area contributed by atoms with Crippen LogP contribution in [0.2, 0.25) is 5.02 Å². The lowest BCUT2D eigenvalue weighted by Crippen LogP contribution is -1.88. The maximum absolute atomic E-state index is 9.17.